The lowest BCUT2D eigenvalue weighted by atomic mass is 10.1. The fraction of sp³-hybridized carbons (Fsp3) is 0.554. The third-order valence-electron chi connectivity index (χ3n) is 10.1. The van der Waals surface area contributed by atoms with Gasteiger partial charge in [0.15, 0.2) is 0 Å². The minimum Gasteiger partial charge on any atom is -0.491 e. The van der Waals surface area contributed by atoms with Crippen LogP contribution in [0.5, 0.6) is 17.2 Å². The van der Waals surface area contributed by atoms with Crippen molar-refractivity contribution in [3.05, 3.63) is 90.2 Å². The first-order valence-corrected chi connectivity index (χ1v) is 24.5. The Morgan fingerprint density at radius 2 is 0.903 bits per heavy atom. The number of amides is 2. The Morgan fingerprint density at radius 1 is 0.611 bits per heavy atom. The van der Waals surface area contributed by atoms with Crippen LogP contribution in [0.4, 0.5) is 18.0 Å². The molecule has 0 aliphatic carbocycles. The molecule has 6 atom stereocenters. The van der Waals surface area contributed by atoms with Crippen LogP contribution in [0.25, 0.3) is 0 Å². The summed E-state index contributed by atoms with van der Waals surface area (Å²) in [7, 11) is 7.77. The summed E-state index contributed by atoms with van der Waals surface area (Å²) >= 11 is 0. The van der Waals surface area contributed by atoms with E-state index in [4.69, 9.17) is 58.0 Å². The second kappa shape index (κ2) is 43.1. The van der Waals surface area contributed by atoms with E-state index in [0.29, 0.717) is 73.3 Å². The van der Waals surface area contributed by atoms with Crippen LogP contribution in [-0.2, 0) is 14.2 Å². The van der Waals surface area contributed by atoms with Gasteiger partial charge >= 0.3 is 6.03 Å². The molecule has 3 aliphatic rings. The number of hydroxylamine groups is 2. The molecule has 0 spiro atoms. The number of carbonyl (C=O) groups excluding carboxylic acids is 1. The quantitative estimate of drug-likeness (QED) is 0.0693. The average molecular weight is 1010 g/mol. The van der Waals surface area contributed by atoms with Crippen molar-refractivity contribution < 1.29 is 56.7 Å². The Kier molecular flexibility index (Phi) is 39.9. The number of urea groups is 1. The van der Waals surface area contributed by atoms with Crippen LogP contribution in [0.3, 0.4) is 0 Å². The maximum atomic E-state index is 12.7. The van der Waals surface area contributed by atoms with Crippen LogP contribution in [0.15, 0.2) is 72.8 Å². The first-order chi connectivity index (χ1) is 34.5. The zero-order valence-electron chi connectivity index (χ0n) is 43.7. The lowest BCUT2D eigenvalue weighted by Gasteiger charge is -2.27. The van der Waals surface area contributed by atoms with Gasteiger partial charge in [-0.25, -0.2) is 23.0 Å². The monoisotopic (exact) mass is 1010 g/mol. The third-order valence-corrected chi connectivity index (χ3v) is 10.1. The number of nitrogens with one attached hydrogen (secondary N) is 1. The number of halogens is 3. The van der Waals surface area contributed by atoms with Crippen molar-refractivity contribution in [3.63, 3.8) is 0 Å². The average Bonchev–Trinajstić information content (AvgIpc) is 3.36. The van der Waals surface area contributed by atoms with Crippen LogP contribution < -0.4 is 25.3 Å². The van der Waals surface area contributed by atoms with E-state index in [9.17, 15) is 18.0 Å². The highest BCUT2D eigenvalue weighted by Crippen LogP contribution is 2.23. The number of nitrogens with zero attached hydrogens (tertiary/aromatic N) is 2. The standard InChI is InChI=1S/3C13H17FO2.C6H11N.C5H8N2O2.C4H6O.C2H7N/c3*1-10-3-2-4-13(16-10)9-15-12-7-5-11(14)6-8-12;1-4-5-6-7(2)3;1-2-3-4-7(9)5(6)8;1-2-3-4-5;1-3-2/h3*5-8,10,13H,2-4,9H2,1H3;1H,5-6H2,2-3H3;1,9H,3-4H2,(H2,6,8);1,5H,3-4H2;3H,1-2H3/t3*10-,13+;;;;/m111..../s1. The second-order valence-corrected chi connectivity index (χ2v) is 17.1. The topological polar surface area (TPSA) is 157 Å². The lowest BCUT2D eigenvalue weighted by molar-refractivity contribution is -0.0587. The number of aliphatic hydroxyl groups excluding tert-OH is 1. The number of hydrogen-bond donors (Lipinski definition) is 4. The summed E-state index contributed by atoms with van der Waals surface area (Å²) in [6.45, 7) is 9.11. The van der Waals surface area contributed by atoms with Crippen molar-refractivity contribution in [2.45, 2.75) is 134 Å². The minimum absolute atomic E-state index is 0.0891. The molecule has 2 amide bonds. The van der Waals surface area contributed by atoms with Gasteiger partial charge in [-0.3, -0.25) is 5.21 Å². The molecule has 3 aromatic rings. The van der Waals surface area contributed by atoms with Crippen LogP contribution in [0.2, 0.25) is 0 Å². The van der Waals surface area contributed by atoms with Gasteiger partial charge in [-0.2, -0.15) is 0 Å². The molecule has 3 fully saturated rings. The van der Waals surface area contributed by atoms with E-state index >= 15 is 0 Å². The molecule has 0 bridgehead atoms. The van der Waals surface area contributed by atoms with Crippen molar-refractivity contribution >= 4 is 6.03 Å². The zero-order chi connectivity index (χ0) is 53.9. The Balaban J connectivity index is 0.000000865. The second-order valence-electron chi connectivity index (χ2n) is 17.1. The molecule has 3 aliphatic heterocycles. The third kappa shape index (κ3) is 37.3. The molecule has 3 aromatic carbocycles. The summed E-state index contributed by atoms with van der Waals surface area (Å²) in [4.78, 5) is 12.1. The molecule has 13 nitrogen and oxygen atoms in total. The molecular weight excluding hydrogens is 930 g/mol. The Bertz CT molecular complexity index is 1750. The van der Waals surface area contributed by atoms with Crippen LogP contribution in [0, 0.1) is 54.5 Å². The number of ether oxygens (including phenoxy) is 6. The Hall–Kier alpha value is -5.48. The van der Waals surface area contributed by atoms with Gasteiger partial charge < -0.3 is 49.5 Å². The van der Waals surface area contributed by atoms with Crippen LogP contribution in [-0.4, -0.2) is 131 Å². The van der Waals surface area contributed by atoms with Crippen molar-refractivity contribution in [3.8, 4) is 54.3 Å². The summed E-state index contributed by atoms with van der Waals surface area (Å²) in [6, 6.07) is 17.4. The Morgan fingerprint density at radius 3 is 1.11 bits per heavy atom. The van der Waals surface area contributed by atoms with Crippen molar-refractivity contribution in [2.75, 3.05) is 67.7 Å². The summed E-state index contributed by atoms with van der Waals surface area (Å²) < 4.78 is 71.8. The van der Waals surface area contributed by atoms with Gasteiger partial charge in [0, 0.05) is 25.8 Å². The SMILES string of the molecule is C#CCCN(C)C.C#CCCN(O)C(N)=O.C#CCCO.CNC.C[C@@H]1CCC[C@@H](COc2ccc(F)cc2)O1.C[C@@H]1CCC[C@@H](COc2ccc(F)cc2)O1.C[C@@H]1CCC[C@@H](COc2ccc(F)cc2)O1. The molecule has 3 saturated heterocycles. The number of primary amides is 1. The largest absolute Gasteiger partial charge is 0.491 e. The van der Waals surface area contributed by atoms with Crippen molar-refractivity contribution in [1.29, 1.82) is 0 Å². The molecule has 0 radical (unpaired) electrons. The van der Waals surface area contributed by atoms with Gasteiger partial charge in [0.05, 0.1) is 49.8 Å². The number of hydrogen-bond acceptors (Lipinski definition) is 11. The highest BCUT2D eigenvalue weighted by atomic mass is 19.1. The number of benzene rings is 3. The molecule has 0 unspecified atom stereocenters. The van der Waals surface area contributed by atoms with E-state index < -0.39 is 6.03 Å². The molecule has 6 rings (SSSR count). The summed E-state index contributed by atoms with van der Waals surface area (Å²) in [5.41, 5.74) is 4.65. The molecule has 16 heteroatoms. The summed E-state index contributed by atoms with van der Waals surface area (Å²) in [6.07, 6.45) is 27.8. The molecule has 5 N–H and O–H groups in total. The lowest BCUT2D eigenvalue weighted by Crippen LogP contribution is -2.33. The van der Waals surface area contributed by atoms with E-state index in [1.54, 1.807) is 36.4 Å². The number of terminal acetylenes is 3. The van der Waals surface area contributed by atoms with Gasteiger partial charge in [0.1, 0.15) is 54.5 Å². The number of carbonyl (C=O) groups is 1. The van der Waals surface area contributed by atoms with E-state index in [-0.39, 0.29) is 48.9 Å². The zero-order valence-corrected chi connectivity index (χ0v) is 43.7. The van der Waals surface area contributed by atoms with Gasteiger partial charge in [0.25, 0.3) is 0 Å². The first kappa shape index (κ1) is 66.5. The summed E-state index contributed by atoms with van der Waals surface area (Å²) in [5.74, 6) is 8.44. The predicted molar refractivity (Wildman–Crippen MR) is 279 cm³/mol. The first-order valence-electron chi connectivity index (χ1n) is 24.5. The fourth-order valence-corrected chi connectivity index (χ4v) is 6.45. The number of nitrogens with two attached hydrogens (primary N) is 1. The van der Waals surface area contributed by atoms with Crippen molar-refractivity contribution in [2.24, 2.45) is 5.73 Å². The maximum Gasteiger partial charge on any atom is 0.338 e. The molecule has 0 aromatic heterocycles. The van der Waals surface area contributed by atoms with Gasteiger partial charge in [-0.1, -0.05) is 0 Å². The van der Waals surface area contributed by atoms with Crippen molar-refractivity contribution in [1.82, 2.24) is 15.3 Å². The van der Waals surface area contributed by atoms with E-state index in [1.807, 2.05) is 28.2 Å². The van der Waals surface area contributed by atoms with E-state index in [0.717, 1.165) is 51.5 Å². The summed E-state index contributed by atoms with van der Waals surface area (Å²) in [5, 5.41) is 19.6. The van der Waals surface area contributed by atoms with Gasteiger partial charge in [0.2, 0.25) is 0 Å². The van der Waals surface area contributed by atoms with E-state index in [1.165, 1.54) is 55.7 Å². The highest BCUT2D eigenvalue weighted by molar-refractivity contribution is 5.70. The molecule has 402 valence electrons. The molecule has 3 heterocycles. The predicted octanol–water partition coefficient (Wildman–Crippen LogP) is 9.67. The molecule has 72 heavy (non-hydrogen) atoms. The van der Waals surface area contributed by atoms with E-state index in [2.05, 4.69) is 54.5 Å². The van der Waals surface area contributed by atoms with Crippen LogP contribution in [0.1, 0.15) is 97.8 Å². The minimum atomic E-state index is -0.884. The fourth-order valence-electron chi connectivity index (χ4n) is 6.45. The van der Waals surface area contributed by atoms with Gasteiger partial charge in [-0.15, -0.1) is 37.0 Å². The Labute approximate surface area is 429 Å². The normalized spacial score (nSPS) is 19.5. The molecule has 0 saturated carbocycles. The van der Waals surface area contributed by atoms with Gasteiger partial charge in [-0.05, 0) is 180 Å². The maximum absolute atomic E-state index is 12.7. The molecular formula is C56H83F3N4O9. The smallest absolute Gasteiger partial charge is 0.338 e. The van der Waals surface area contributed by atoms with Crippen LogP contribution >= 0.6 is 0 Å². The number of aliphatic hydroxyl groups is 1. The highest BCUT2D eigenvalue weighted by Gasteiger charge is 2.21. The number of rotatable bonds is 14.